The summed E-state index contributed by atoms with van der Waals surface area (Å²) in [5.74, 6) is -0.420. The van der Waals surface area contributed by atoms with Crippen LogP contribution < -0.4 is 0 Å². The van der Waals surface area contributed by atoms with Gasteiger partial charge < -0.3 is 4.74 Å². The number of carbonyl (C=O) groups excluding carboxylic acids is 1. The van der Waals surface area contributed by atoms with Gasteiger partial charge in [-0.25, -0.2) is 0 Å². The molecule has 2 nitrogen and oxygen atoms in total. The summed E-state index contributed by atoms with van der Waals surface area (Å²) < 4.78 is 4.55. The molecular formula is C10H11ClO2. The van der Waals surface area contributed by atoms with E-state index >= 15 is 0 Å². The van der Waals surface area contributed by atoms with E-state index in [1.54, 1.807) is 0 Å². The largest absolute Gasteiger partial charge is 0.468 e. The molecule has 0 saturated carbocycles. The van der Waals surface area contributed by atoms with Crippen LogP contribution in [-0.2, 0) is 9.53 Å². The predicted molar refractivity (Wildman–Crippen MR) is 51.8 cm³/mol. The fourth-order valence-electron chi connectivity index (χ4n) is 1.10. The summed E-state index contributed by atoms with van der Waals surface area (Å²) >= 11 is 5.89. The molecule has 70 valence electrons. The number of hydrogen-bond donors (Lipinski definition) is 0. The van der Waals surface area contributed by atoms with Crippen molar-refractivity contribution in [2.45, 2.75) is 12.3 Å². The van der Waals surface area contributed by atoms with Crippen LogP contribution in [0.2, 0.25) is 0 Å². The van der Waals surface area contributed by atoms with Crippen molar-refractivity contribution >= 4 is 17.6 Å². The molecule has 1 aromatic carbocycles. The van der Waals surface area contributed by atoms with Crippen LogP contribution in [0, 0.1) is 6.92 Å². The minimum absolute atomic E-state index is 0.420. The lowest BCUT2D eigenvalue weighted by atomic mass is 10.1. The predicted octanol–water partition coefficient (Wildman–Crippen LogP) is 2.45. The maximum Gasteiger partial charge on any atom is 0.328 e. The molecule has 0 bridgehead atoms. The molecule has 0 amide bonds. The maximum absolute atomic E-state index is 11.1. The Morgan fingerprint density at radius 1 is 1.46 bits per heavy atom. The Kier molecular flexibility index (Phi) is 3.32. The number of benzene rings is 1. The molecule has 0 aliphatic carbocycles. The SMILES string of the molecule is COC(=O)C(Cl)c1ccccc1C. The van der Waals surface area contributed by atoms with Crippen molar-refractivity contribution in [3.8, 4) is 0 Å². The minimum atomic E-state index is -0.703. The van der Waals surface area contributed by atoms with Crippen molar-refractivity contribution in [2.75, 3.05) is 7.11 Å². The third-order valence-corrected chi connectivity index (χ3v) is 2.28. The third-order valence-electron chi connectivity index (χ3n) is 1.87. The van der Waals surface area contributed by atoms with E-state index in [2.05, 4.69) is 4.74 Å². The quantitative estimate of drug-likeness (QED) is 0.539. The Balaban J connectivity index is 2.95. The van der Waals surface area contributed by atoms with Crippen LogP contribution in [0.3, 0.4) is 0 Å². The van der Waals surface area contributed by atoms with Crippen LogP contribution in [0.4, 0.5) is 0 Å². The van der Waals surface area contributed by atoms with Crippen molar-refractivity contribution in [1.82, 2.24) is 0 Å². The Morgan fingerprint density at radius 2 is 2.08 bits per heavy atom. The molecular weight excluding hydrogens is 188 g/mol. The first kappa shape index (κ1) is 10.1. The second-order valence-corrected chi connectivity index (χ2v) is 3.18. The van der Waals surface area contributed by atoms with Crippen LogP contribution in [0.25, 0.3) is 0 Å². The van der Waals surface area contributed by atoms with Crippen molar-refractivity contribution in [3.63, 3.8) is 0 Å². The second kappa shape index (κ2) is 4.28. The molecule has 0 fully saturated rings. The Labute approximate surface area is 82.5 Å². The molecule has 1 aromatic rings. The molecule has 0 saturated heterocycles. The zero-order valence-corrected chi connectivity index (χ0v) is 8.34. The highest BCUT2D eigenvalue weighted by Gasteiger charge is 2.19. The van der Waals surface area contributed by atoms with Crippen molar-refractivity contribution in [2.24, 2.45) is 0 Å². The van der Waals surface area contributed by atoms with Crippen LogP contribution in [0.15, 0.2) is 24.3 Å². The minimum Gasteiger partial charge on any atom is -0.468 e. The number of esters is 1. The fourth-order valence-corrected chi connectivity index (χ4v) is 1.44. The van der Waals surface area contributed by atoms with Gasteiger partial charge >= 0.3 is 5.97 Å². The number of halogens is 1. The van der Waals surface area contributed by atoms with Gasteiger partial charge in [-0.15, -0.1) is 11.6 Å². The molecule has 0 aliphatic heterocycles. The van der Waals surface area contributed by atoms with Gasteiger partial charge in [-0.1, -0.05) is 24.3 Å². The summed E-state index contributed by atoms with van der Waals surface area (Å²) in [6, 6.07) is 7.48. The third kappa shape index (κ3) is 2.22. The first-order chi connectivity index (χ1) is 6.16. The number of carbonyl (C=O) groups is 1. The molecule has 13 heavy (non-hydrogen) atoms. The van der Waals surface area contributed by atoms with Gasteiger partial charge in [0, 0.05) is 0 Å². The molecule has 1 atom stereocenters. The van der Waals surface area contributed by atoms with E-state index < -0.39 is 11.3 Å². The number of aryl methyl sites for hydroxylation is 1. The number of alkyl halides is 1. The summed E-state index contributed by atoms with van der Waals surface area (Å²) in [5, 5.41) is -0.703. The van der Waals surface area contributed by atoms with Crippen molar-refractivity contribution < 1.29 is 9.53 Å². The van der Waals surface area contributed by atoms with Gasteiger partial charge in [-0.3, -0.25) is 4.79 Å². The molecule has 0 aromatic heterocycles. The zero-order valence-electron chi connectivity index (χ0n) is 7.58. The lowest BCUT2D eigenvalue weighted by Crippen LogP contribution is -2.09. The van der Waals surface area contributed by atoms with Crippen molar-refractivity contribution in [3.05, 3.63) is 35.4 Å². The maximum atomic E-state index is 11.1. The van der Waals surface area contributed by atoms with Crippen LogP contribution in [0.5, 0.6) is 0 Å². The van der Waals surface area contributed by atoms with Gasteiger partial charge in [0.15, 0.2) is 5.38 Å². The molecule has 0 aliphatic rings. The summed E-state index contributed by atoms with van der Waals surface area (Å²) in [6.07, 6.45) is 0. The highest BCUT2D eigenvalue weighted by molar-refractivity contribution is 6.30. The topological polar surface area (TPSA) is 26.3 Å². The fraction of sp³-hybridized carbons (Fsp3) is 0.300. The Bertz CT molecular complexity index is 310. The number of ether oxygens (including phenoxy) is 1. The number of methoxy groups -OCH3 is 1. The first-order valence-electron chi connectivity index (χ1n) is 3.94. The summed E-state index contributed by atoms with van der Waals surface area (Å²) in [5.41, 5.74) is 1.80. The normalized spacial score (nSPS) is 12.2. The van der Waals surface area contributed by atoms with Crippen LogP contribution in [0.1, 0.15) is 16.5 Å². The molecule has 3 heteroatoms. The summed E-state index contributed by atoms with van der Waals surface area (Å²) in [7, 11) is 1.33. The molecule has 1 unspecified atom stereocenters. The monoisotopic (exact) mass is 198 g/mol. The smallest absolute Gasteiger partial charge is 0.328 e. The van der Waals surface area contributed by atoms with Crippen molar-refractivity contribution in [1.29, 1.82) is 0 Å². The van der Waals surface area contributed by atoms with E-state index in [9.17, 15) is 4.79 Å². The summed E-state index contributed by atoms with van der Waals surface area (Å²) in [4.78, 5) is 11.1. The molecule has 1 rings (SSSR count). The lowest BCUT2D eigenvalue weighted by molar-refractivity contribution is -0.140. The van der Waals surface area contributed by atoms with E-state index in [0.717, 1.165) is 11.1 Å². The average Bonchev–Trinajstić information content (AvgIpc) is 2.16. The lowest BCUT2D eigenvalue weighted by Gasteiger charge is -2.09. The van der Waals surface area contributed by atoms with Gasteiger partial charge in [0.1, 0.15) is 0 Å². The van der Waals surface area contributed by atoms with E-state index in [-0.39, 0.29) is 0 Å². The highest BCUT2D eigenvalue weighted by Crippen LogP contribution is 2.24. The first-order valence-corrected chi connectivity index (χ1v) is 4.38. The number of rotatable bonds is 2. The van der Waals surface area contributed by atoms with Gasteiger partial charge in [-0.2, -0.15) is 0 Å². The zero-order chi connectivity index (χ0) is 9.84. The van der Waals surface area contributed by atoms with Crippen LogP contribution >= 0.6 is 11.6 Å². The van der Waals surface area contributed by atoms with Gasteiger partial charge in [0.05, 0.1) is 7.11 Å². The van der Waals surface area contributed by atoms with Gasteiger partial charge in [0.2, 0.25) is 0 Å². The Morgan fingerprint density at radius 3 is 2.62 bits per heavy atom. The van der Waals surface area contributed by atoms with Gasteiger partial charge in [0.25, 0.3) is 0 Å². The summed E-state index contributed by atoms with van der Waals surface area (Å²) in [6.45, 7) is 1.91. The Hall–Kier alpha value is -1.02. The van der Waals surface area contributed by atoms with Gasteiger partial charge in [-0.05, 0) is 18.1 Å². The standard InChI is InChI=1S/C10H11ClO2/c1-7-5-3-4-6-8(7)9(11)10(12)13-2/h3-6,9H,1-2H3. The van der Waals surface area contributed by atoms with E-state index in [1.165, 1.54) is 7.11 Å². The highest BCUT2D eigenvalue weighted by atomic mass is 35.5. The molecule has 0 radical (unpaired) electrons. The van der Waals surface area contributed by atoms with E-state index in [1.807, 2.05) is 31.2 Å². The number of hydrogen-bond acceptors (Lipinski definition) is 2. The molecule has 0 N–H and O–H groups in total. The van der Waals surface area contributed by atoms with Crippen LogP contribution in [-0.4, -0.2) is 13.1 Å². The average molecular weight is 199 g/mol. The molecule has 0 heterocycles. The van der Waals surface area contributed by atoms with E-state index in [0.29, 0.717) is 0 Å². The second-order valence-electron chi connectivity index (χ2n) is 2.74. The van der Waals surface area contributed by atoms with E-state index in [4.69, 9.17) is 11.6 Å². The molecule has 0 spiro atoms.